The normalized spacial score (nSPS) is 10.6. The molecule has 2 rings (SSSR count). The number of carbonyl (C=O) groups excluding carboxylic acids is 1. The van der Waals surface area contributed by atoms with Crippen LogP contribution in [0.4, 0.5) is 0 Å². The van der Waals surface area contributed by atoms with Crippen LogP contribution in [0, 0.1) is 0 Å². The molecule has 120 valence electrons. The number of rotatable bonds is 6. The molecule has 0 unspecified atom stereocenters. The third-order valence-corrected chi connectivity index (χ3v) is 3.61. The van der Waals surface area contributed by atoms with Gasteiger partial charge in [0.2, 0.25) is 5.91 Å². The fourth-order valence-electron chi connectivity index (χ4n) is 2.01. The molecule has 2 aromatic rings. The molecule has 0 aliphatic heterocycles. The Balaban J connectivity index is 1.97. The van der Waals surface area contributed by atoms with Gasteiger partial charge in [-0.3, -0.25) is 4.79 Å². The Hall–Kier alpha value is -2.46. The first-order valence-electron chi connectivity index (χ1n) is 7.05. The highest BCUT2D eigenvalue weighted by Crippen LogP contribution is 2.27. The largest absolute Gasteiger partial charge is 0.493 e. The number of benzene rings is 2. The average Bonchev–Trinajstić information content (AvgIpc) is 2.58. The maximum atomic E-state index is 11.9. The molecule has 0 aliphatic rings. The quantitative estimate of drug-likeness (QED) is 0.821. The van der Waals surface area contributed by atoms with Crippen molar-refractivity contribution in [2.24, 2.45) is 0 Å². The molecule has 23 heavy (non-hydrogen) atoms. The van der Waals surface area contributed by atoms with Crippen LogP contribution in [0.1, 0.15) is 11.1 Å². The standard InChI is InChI=1S/C18H18ClNO3/c1-22-16-9-7-13(11-17(16)23-2)8-10-18(21)20-12-14-5-3-4-6-15(14)19/h3-11H,12H2,1-2H3,(H,20,21)/b10-8+. The molecular formula is C18H18ClNO3. The second kappa shape index (κ2) is 8.25. The van der Waals surface area contributed by atoms with Crippen molar-refractivity contribution in [3.8, 4) is 11.5 Å². The van der Waals surface area contributed by atoms with Crippen molar-refractivity contribution in [3.63, 3.8) is 0 Å². The van der Waals surface area contributed by atoms with Crippen LogP contribution in [-0.4, -0.2) is 20.1 Å². The number of amides is 1. The van der Waals surface area contributed by atoms with Crippen LogP contribution in [0.15, 0.2) is 48.5 Å². The molecule has 0 heterocycles. The van der Waals surface area contributed by atoms with Crippen molar-refractivity contribution in [1.29, 1.82) is 0 Å². The summed E-state index contributed by atoms with van der Waals surface area (Å²) in [5.74, 6) is 1.07. The Morgan fingerprint density at radius 2 is 1.87 bits per heavy atom. The molecule has 0 atom stereocenters. The van der Waals surface area contributed by atoms with Crippen LogP contribution in [0.3, 0.4) is 0 Å². The maximum Gasteiger partial charge on any atom is 0.244 e. The van der Waals surface area contributed by atoms with E-state index >= 15 is 0 Å². The van der Waals surface area contributed by atoms with Crippen molar-refractivity contribution in [2.75, 3.05) is 14.2 Å². The molecule has 0 fully saturated rings. The van der Waals surface area contributed by atoms with Crippen molar-refractivity contribution >= 4 is 23.6 Å². The summed E-state index contributed by atoms with van der Waals surface area (Å²) in [5, 5.41) is 3.43. The predicted octanol–water partition coefficient (Wildman–Crippen LogP) is 3.69. The van der Waals surface area contributed by atoms with Crippen LogP contribution < -0.4 is 14.8 Å². The zero-order valence-electron chi connectivity index (χ0n) is 13.0. The van der Waals surface area contributed by atoms with Gasteiger partial charge >= 0.3 is 0 Å². The Kier molecular flexibility index (Phi) is 6.06. The molecule has 5 heteroatoms. The fourth-order valence-corrected chi connectivity index (χ4v) is 2.21. The minimum Gasteiger partial charge on any atom is -0.493 e. The molecule has 0 bridgehead atoms. The molecule has 4 nitrogen and oxygen atoms in total. The van der Waals surface area contributed by atoms with E-state index in [0.717, 1.165) is 11.1 Å². The zero-order valence-corrected chi connectivity index (χ0v) is 13.8. The summed E-state index contributed by atoms with van der Waals surface area (Å²) in [5.41, 5.74) is 1.72. The molecule has 0 saturated carbocycles. The van der Waals surface area contributed by atoms with E-state index in [1.807, 2.05) is 24.3 Å². The second-order valence-corrected chi connectivity index (χ2v) is 5.16. The van der Waals surface area contributed by atoms with Crippen LogP contribution in [0.25, 0.3) is 6.08 Å². The summed E-state index contributed by atoms with van der Waals surface area (Å²) >= 11 is 6.05. The van der Waals surface area contributed by atoms with E-state index in [-0.39, 0.29) is 5.91 Å². The third-order valence-electron chi connectivity index (χ3n) is 3.25. The van der Waals surface area contributed by atoms with Gasteiger partial charge in [-0.1, -0.05) is 35.9 Å². The first kappa shape index (κ1) is 16.9. The molecular weight excluding hydrogens is 314 g/mol. The van der Waals surface area contributed by atoms with Gasteiger partial charge in [0.15, 0.2) is 11.5 Å². The average molecular weight is 332 g/mol. The molecule has 0 spiro atoms. The van der Waals surface area contributed by atoms with E-state index in [9.17, 15) is 4.79 Å². The summed E-state index contributed by atoms with van der Waals surface area (Å²) in [6, 6.07) is 12.8. The van der Waals surface area contributed by atoms with Crippen molar-refractivity contribution in [3.05, 3.63) is 64.7 Å². The van der Waals surface area contributed by atoms with Gasteiger partial charge in [0.05, 0.1) is 14.2 Å². The number of nitrogens with one attached hydrogen (secondary N) is 1. The van der Waals surface area contributed by atoms with E-state index in [1.54, 1.807) is 38.5 Å². The van der Waals surface area contributed by atoms with E-state index < -0.39 is 0 Å². The summed E-state index contributed by atoms with van der Waals surface area (Å²) < 4.78 is 10.4. The van der Waals surface area contributed by atoms with Crippen molar-refractivity contribution < 1.29 is 14.3 Å². The molecule has 2 aromatic carbocycles. The van der Waals surface area contributed by atoms with Gasteiger partial charge in [-0.25, -0.2) is 0 Å². The fraction of sp³-hybridized carbons (Fsp3) is 0.167. The van der Waals surface area contributed by atoms with Gasteiger partial charge in [0.1, 0.15) is 0 Å². The Morgan fingerprint density at radius 1 is 1.13 bits per heavy atom. The molecule has 1 amide bonds. The predicted molar refractivity (Wildman–Crippen MR) is 91.9 cm³/mol. The molecule has 0 saturated heterocycles. The number of methoxy groups -OCH3 is 2. The number of carbonyl (C=O) groups is 1. The van der Waals surface area contributed by atoms with Gasteiger partial charge < -0.3 is 14.8 Å². The topological polar surface area (TPSA) is 47.6 Å². The smallest absolute Gasteiger partial charge is 0.244 e. The SMILES string of the molecule is COc1ccc(/C=C/C(=O)NCc2ccccc2Cl)cc1OC. The molecule has 0 radical (unpaired) electrons. The third kappa shape index (κ3) is 4.76. The van der Waals surface area contributed by atoms with Crippen LogP contribution in [-0.2, 0) is 11.3 Å². The summed E-state index contributed by atoms with van der Waals surface area (Å²) in [7, 11) is 3.15. The highest BCUT2D eigenvalue weighted by Gasteiger charge is 2.04. The number of hydrogen-bond acceptors (Lipinski definition) is 3. The Morgan fingerprint density at radius 3 is 2.57 bits per heavy atom. The molecule has 1 N–H and O–H groups in total. The monoisotopic (exact) mass is 331 g/mol. The lowest BCUT2D eigenvalue weighted by Crippen LogP contribution is -2.20. The second-order valence-electron chi connectivity index (χ2n) is 4.76. The summed E-state index contributed by atoms with van der Waals surface area (Å²) in [6.07, 6.45) is 3.18. The lowest BCUT2D eigenvalue weighted by Gasteiger charge is -2.07. The first-order valence-corrected chi connectivity index (χ1v) is 7.43. The van der Waals surface area contributed by atoms with E-state index in [1.165, 1.54) is 6.08 Å². The maximum absolute atomic E-state index is 11.9. The van der Waals surface area contributed by atoms with Gasteiger partial charge in [0, 0.05) is 17.6 Å². The molecule has 0 aromatic heterocycles. The van der Waals surface area contributed by atoms with Crippen LogP contribution in [0.5, 0.6) is 11.5 Å². The van der Waals surface area contributed by atoms with E-state index in [0.29, 0.717) is 23.1 Å². The minimum absolute atomic E-state index is 0.195. The zero-order chi connectivity index (χ0) is 16.7. The van der Waals surface area contributed by atoms with Gasteiger partial charge in [-0.2, -0.15) is 0 Å². The van der Waals surface area contributed by atoms with E-state index in [2.05, 4.69) is 5.32 Å². The van der Waals surface area contributed by atoms with Gasteiger partial charge in [0.25, 0.3) is 0 Å². The van der Waals surface area contributed by atoms with E-state index in [4.69, 9.17) is 21.1 Å². The lowest BCUT2D eigenvalue weighted by atomic mass is 10.2. The number of hydrogen-bond donors (Lipinski definition) is 1. The molecule has 0 aliphatic carbocycles. The Bertz CT molecular complexity index is 713. The first-order chi connectivity index (χ1) is 11.1. The lowest BCUT2D eigenvalue weighted by molar-refractivity contribution is -0.116. The van der Waals surface area contributed by atoms with Crippen LogP contribution >= 0.6 is 11.6 Å². The van der Waals surface area contributed by atoms with Crippen LogP contribution in [0.2, 0.25) is 5.02 Å². The van der Waals surface area contributed by atoms with Gasteiger partial charge in [-0.05, 0) is 35.4 Å². The highest BCUT2D eigenvalue weighted by atomic mass is 35.5. The van der Waals surface area contributed by atoms with Crippen molar-refractivity contribution in [1.82, 2.24) is 5.32 Å². The van der Waals surface area contributed by atoms with Crippen molar-refractivity contribution in [2.45, 2.75) is 6.54 Å². The highest BCUT2D eigenvalue weighted by molar-refractivity contribution is 6.31. The Labute approximate surface area is 140 Å². The number of ether oxygens (including phenoxy) is 2. The number of halogens is 1. The minimum atomic E-state index is -0.195. The summed E-state index contributed by atoms with van der Waals surface area (Å²) in [6.45, 7) is 0.384. The summed E-state index contributed by atoms with van der Waals surface area (Å²) in [4.78, 5) is 11.9. The van der Waals surface area contributed by atoms with Gasteiger partial charge in [-0.15, -0.1) is 0 Å².